The van der Waals surface area contributed by atoms with Gasteiger partial charge in [0.2, 0.25) is 5.91 Å². The fourth-order valence-electron chi connectivity index (χ4n) is 2.68. The quantitative estimate of drug-likeness (QED) is 0.606. The Hall–Kier alpha value is -2.42. The minimum atomic E-state index is -0.184. The monoisotopic (exact) mass is 353 g/mol. The van der Waals surface area contributed by atoms with Crippen LogP contribution in [-0.4, -0.2) is 23.1 Å². The summed E-state index contributed by atoms with van der Waals surface area (Å²) < 4.78 is 0. The fraction of sp³-hybridized carbons (Fsp3) is 0.391. The normalized spacial score (nSPS) is 12.7. The molecule has 0 saturated carbocycles. The maximum Gasteiger partial charge on any atom is 0.227 e. The predicted molar refractivity (Wildman–Crippen MR) is 109 cm³/mol. The molecule has 0 aliphatic carbocycles. The molecule has 0 spiro atoms. The number of hydrogen-bond acceptors (Lipinski definition) is 2. The van der Waals surface area contributed by atoms with Crippen molar-refractivity contribution in [3.63, 3.8) is 0 Å². The second-order valence-electron chi connectivity index (χ2n) is 7.70. The van der Waals surface area contributed by atoms with E-state index in [0.717, 1.165) is 5.56 Å². The number of ketones is 1. The highest BCUT2D eigenvalue weighted by atomic mass is 16.2. The molecule has 1 unspecified atom stereocenters. The molecule has 140 valence electrons. The minimum absolute atomic E-state index is 0.0382. The molecule has 0 aliphatic heterocycles. The standard InChI is InChI=1S/C23H31NO2/c1-8-9-10-17(2)15-22(26)24(16-18(3)25)19(4)20-11-13-21(14-12-20)23(5,6)7/h8-14,19H,1-2,15-16H2,3-7H3/b10-9-. The van der Waals surface area contributed by atoms with Gasteiger partial charge >= 0.3 is 0 Å². The number of Topliss-reactive ketones (excluding diaryl/α,β-unsaturated/α-hetero) is 1. The van der Waals surface area contributed by atoms with Gasteiger partial charge in [-0.25, -0.2) is 0 Å². The molecule has 0 saturated heterocycles. The molecule has 0 heterocycles. The van der Waals surface area contributed by atoms with Crippen LogP contribution in [0.25, 0.3) is 0 Å². The van der Waals surface area contributed by atoms with Crippen LogP contribution >= 0.6 is 0 Å². The molecule has 0 aromatic heterocycles. The van der Waals surface area contributed by atoms with Gasteiger partial charge in [-0.15, -0.1) is 0 Å². The lowest BCUT2D eigenvalue weighted by atomic mass is 9.86. The van der Waals surface area contributed by atoms with E-state index in [2.05, 4.69) is 46.1 Å². The number of carbonyl (C=O) groups is 2. The summed E-state index contributed by atoms with van der Waals surface area (Å²) in [5.41, 5.74) is 3.02. The van der Waals surface area contributed by atoms with Crippen molar-refractivity contribution in [2.45, 2.75) is 52.5 Å². The number of benzene rings is 1. The number of nitrogens with zero attached hydrogens (tertiary/aromatic N) is 1. The molecule has 0 N–H and O–H groups in total. The molecule has 3 heteroatoms. The summed E-state index contributed by atoms with van der Waals surface area (Å²) in [7, 11) is 0. The summed E-state index contributed by atoms with van der Waals surface area (Å²) >= 11 is 0. The number of allylic oxidation sites excluding steroid dienone is 3. The maximum atomic E-state index is 12.7. The lowest BCUT2D eigenvalue weighted by Gasteiger charge is -2.29. The molecule has 3 nitrogen and oxygen atoms in total. The first-order valence-corrected chi connectivity index (χ1v) is 8.92. The van der Waals surface area contributed by atoms with Crippen molar-refractivity contribution in [3.8, 4) is 0 Å². The van der Waals surface area contributed by atoms with Gasteiger partial charge in [0.05, 0.1) is 19.0 Å². The van der Waals surface area contributed by atoms with E-state index in [1.807, 2.05) is 19.1 Å². The van der Waals surface area contributed by atoms with Crippen molar-refractivity contribution in [3.05, 3.63) is 72.4 Å². The Morgan fingerprint density at radius 2 is 1.77 bits per heavy atom. The lowest BCUT2D eigenvalue weighted by Crippen LogP contribution is -2.37. The van der Waals surface area contributed by atoms with Crippen LogP contribution in [0, 0.1) is 0 Å². The average Bonchev–Trinajstić information content (AvgIpc) is 2.56. The predicted octanol–water partition coefficient (Wildman–Crippen LogP) is 5.15. The molecule has 1 aromatic carbocycles. The molecule has 0 fully saturated rings. The van der Waals surface area contributed by atoms with Gasteiger partial charge in [-0.05, 0) is 36.0 Å². The summed E-state index contributed by atoms with van der Waals surface area (Å²) in [5.74, 6) is -0.143. The Bertz CT molecular complexity index is 690. The van der Waals surface area contributed by atoms with Crippen LogP contribution in [0.2, 0.25) is 0 Å². The number of rotatable bonds is 8. The van der Waals surface area contributed by atoms with E-state index in [9.17, 15) is 9.59 Å². The van der Waals surface area contributed by atoms with Gasteiger partial charge in [-0.3, -0.25) is 9.59 Å². The summed E-state index contributed by atoms with van der Waals surface area (Å²) in [6.45, 7) is 17.6. The Morgan fingerprint density at radius 1 is 1.19 bits per heavy atom. The molecule has 26 heavy (non-hydrogen) atoms. The van der Waals surface area contributed by atoms with Gasteiger partial charge in [0.15, 0.2) is 0 Å². The second-order valence-corrected chi connectivity index (χ2v) is 7.70. The Labute approximate surface area is 158 Å². The first-order valence-electron chi connectivity index (χ1n) is 8.92. The maximum absolute atomic E-state index is 12.7. The van der Waals surface area contributed by atoms with Gasteiger partial charge in [0, 0.05) is 0 Å². The van der Waals surface area contributed by atoms with E-state index in [1.54, 1.807) is 23.1 Å². The lowest BCUT2D eigenvalue weighted by molar-refractivity contribution is -0.136. The summed E-state index contributed by atoms with van der Waals surface area (Å²) in [4.78, 5) is 26.1. The van der Waals surface area contributed by atoms with Crippen LogP contribution in [0.5, 0.6) is 0 Å². The SMILES string of the molecule is C=C/C=C\C(=C)CC(=O)N(CC(C)=O)C(C)c1ccc(C(C)(C)C)cc1. The van der Waals surface area contributed by atoms with Crippen molar-refractivity contribution >= 4 is 11.7 Å². The summed E-state index contributed by atoms with van der Waals surface area (Å²) in [6, 6.07) is 8.08. The zero-order chi connectivity index (χ0) is 19.9. The highest BCUT2D eigenvalue weighted by Gasteiger charge is 2.23. The van der Waals surface area contributed by atoms with Gasteiger partial charge in [0.25, 0.3) is 0 Å². The molecule has 1 amide bonds. The molecule has 1 aromatic rings. The Kier molecular flexibility index (Phi) is 7.76. The number of carbonyl (C=O) groups excluding carboxylic acids is 2. The van der Waals surface area contributed by atoms with E-state index in [4.69, 9.17) is 0 Å². The third-order valence-electron chi connectivity index (χ3n) is 4.29. The molecule has 0 bridgehead atoms. The third kappa shape index (κ3) is 6.47. The molecular formula is C23H31NO2. The van der Waals surface area contributed by atoms with Gasteiger partial charge in [0.1, 0.15) is 5.78 Å². The zero-order valence-electron chi connectivity index (χ0n) is 16.7. The summed E-state index contributed by atoms with van der Waals surface area (Å²) in [6.07, 6.45) is 5.34. The Balaban J connectivity index is 3.02. The van der Waals surface area contributed by atoms with Gasteiger partial charge < -0.3 is 4.90 Å². The van der Waals surface area contributed by atoms with Gasteiger partial charge in [-0.2, -0.15) is 0 Å². The first kappa shape index (κ1) is 21.6. The van der Waals surface area contributed by atoms with Crippen molar-refractivity contribution in [1.82, 2.24) is 4.90 Å². The van der Waals surface area contributed by atoms with Crippen molar-refractivity contribution in [2.75, 3.05) is 6.54 Å². The molecule has 1 atom stereocenters. The molecular weight excluding hydrogens is 322 g/mol. The van der Waals surface area contributed by atoms with Crippen LogP contribution in [0.1, 0.15) is 58.2 Å². The van der Waals surface area contributed by atoms with Crippen molar-refractivity contribution in [2.24, 2.45) is 0 Å². The molecule has 1 rings (SSSR count). The highest BCUT2D eigenvalue weighted by Crippen LogP contribution is 2.26. The number of hydrogen-bond donors (Lipinski definition) is 0. The second kappa shape index (κ2) is 9.33. The topological polar surface area (TPSA) is 37.4 Å². The van der Waals surface area contributed by atoms with E-state index in [1.165, 1.54) is 12.5 Å². The van der Waals surface area contributed by atoms with Crippen LogP contribution in [0.4, 0.5) is 0 Å². The molecule has 0 aliphatic rings. The van der Waals surface area contributed by atoms with Crippen molar-refractivity contribution < 1.29 is 9.59 Å². The third-order valence-corrected chi connectivity index (χ3v) is 4.29. The first-order chi connectivity index (χ1) is 12.1. The van der Waals surface area contributed by atoms with Crippen LogP contribution < -0.4 is 0 Å². The van der Waals surface area contributed by atoms with E-state index in [-0.39, 0.29) is 36.1 Å². The Morgan fingerprint density at radius 3 is 2.23 bits per heavy atom. The average molecular weight is 354 g/mol. The minimum Gasteiger partial charge on any atom is -0.328 e. The van der Waals surface area contributed by atoms with E-state index >= 15 is 0 Å². The highest BCUT2D eigenvalue weighted by molar-refractivity contribution is 5.86. The van der Waals surface area contributed by atoms with Crippen LogP contribution in [-0.2, 0) is 15.0 Å². The van der Waals surface area contributed by atoms with Crippen LogP contribution in [0.15, 0.2) is 61.2 Å². The fourth-order valence-corrected chi connectivity index (χ4v) is 2.68. The van der Waals surface area contributed by atoms with E-state index < -0.39 is 0 Å². The summed E-state index contributed by atoms with van der Waals surface area (Å²) in [5, 5.41) is 0. The van der Waals surface area contributed by atoms with Crippen LogP contribution in [0.3, 0.4) is 0 Å². The molecule has 0 radical (unpaired) electrons. The number of amides is 1. The largest absolute Gasteiger partial charge is 0.328 e. The van der Waals surface area contributed by atoms with Crippen molar-refractivity contribution in [1.29, 1.82) is 0 Å². The zero-order valence-corrected chi connectivity index (χ0v) is 16.7. The van der Waals surface area contributed by atoms with Gasteiger partial charge in [-0.1, -0.05) is 76.4 Å². The smallest absolute Gasteiger partial charge is 0.227 e. The van der Waals surface area contributed by atoms with E-state index in [0.29, 0.717) is 5.57 Å².